The second-order valence-electron chi connectivity index (χ2n) is 5.93. The molecule has 0 amide bonds. The van der Waals surface area contributed by atoms with Crippen LogP contribution in [0.5, 0.6) is 0 Å². The van der Waals surface area contributed by atoms with E-state index < -0.39 is 0 Å². The first-order valence-electron chi connectivity index (χ1n) is 7.50. The van der Waals surface area contributed by atoms with Gasteiger partial charge < -0.3 is 15.3 Å². The second kappa shape index (κ2) is 6.39. The first-order valence-corrected chi connectivity index (χ1v) is 7.50. The molecule has 112 valence electrons. The summed E-state index contributed by atoms with van der Waals surface area (Å²) >= 11 is 0. The first-order chi connectivity index (χ1) is 9.54. The fraction of sp³-hybridized carbons (Fsp3) is 0.733. The van der Waals surface area contributed by atoms with Gasteiger partial charge in [-0.1, -0.05) is 13.8 Å². The lowest BCUT2D eigenvalue weighted by Gasteiger charge is -2.35. The van der Waals surface area contributed by atoms with Crippen molar-refractivity contribution in [2.75, 3.05) is 30.4 Å². The van der Waals surface area contributed by atoms with Gasteiger partial charge in [0.05, 0.1) is 6.10 Å². The zero-order valence-electron chi connectivity index (χ0n) is 12.9. The molecule has 2 N–H and O–H groups in total. The van der Waals surface area contributed by atoms with E-state index in [0.29, 0.717) is 11.8 Å². The van der Waals surface area contributed by atoms with Gasteiger partial charge in [0, 0.05) is 25.7 Å². The lowest BCUT2D eigenvalue weighted by Crippen LogP contribution is -2.38. The standard InChI is InChI=1S/C15H26N4O/c1-10(2)13-14(16-4)17-9-18-15(13)19-7-5-12(6-8-19)11(3)20/h9-12,20H,5-8H2,1-4H3,(H,16,17,18). The number of anilines is 2. The molecule has 0 bridgehead atoms. The van der Waals surface area contributed by atoms with E-state index in [-0.39, 0.29) is 6.10 Å². The summed E-state index contributed by atoms with van der Waals surface area (Å²) in [6, 6.07) is 0. The SMILES string of the molecule is CNc1ncnc(N2CCC(C(C)O)CC2)c1C(C)C. The second-order valence-corrected chi connectivity index (χ2v) is 5.93. The Morgan fingerprint density at radius 2 is 1.90 bits per heavy atom. The van der Waals surface area contributed by atoms with E-state index in [0.717, 1.165) is 37.6 Å². The van der Waals surface area contributed by atoms with Crippen LogP contribution < -0.4 is 10.2 Å². The molecule has 1 aromatic rings. The van der Waals surface area contributed by atoms with E-state index in [1.54, 1.807) is 6.33 Å². The molecule has 1 aliphatic heterocycles. The normalized spacial score (nSPS) is 18.4. The largest absolute Gasteiger partial charge is 0.393 e. The molecule has 0 aliphatic carbocycles. The van der Waals surface area contributed by atoms with Gasteiger partial charge in [0.15, 0.2) is 0 Å². The highest BCUT2D eigenvalue weighted by atomic mass is 16.3. The molecule has 1 aromatic heterocycles. The van der Waals surface area contributed by atoms with E-state index in [1.807, 2.05) is 14.0 Å². The minimum Gasteiger partial charge on any atom is -0.393 e. The van der Waals surface area contributed by atoms with Gasteiger partial charge in [0.1, 0.15) is 18.0 Å². The average Bonchev–Trinajstić information content (AvgIpc) is 2.46. The monoisotopic (exact) mass is 278 g/mol. The molecule has 1 fully saturated rings. The molecule has 1 aliphatic rings. The lowest BCUT2D eigenvalue weighted by atomic mass is 9.91. The maximum absolute atomic E-state index is 9.70. The molecule has 1 unspecified atom stereocenters. The van der Waals surface area contributed by atoms with Crippen LogP contribution in [0, 0.1) is 5.92 Å². The summed E-state index contributed by atoms with van der Waals surface area (Å²) in [5.41, 5.74) is 1.19. The van der Waals surface area contributed by atoms with Crippen molar-refractivity contribution in [3.05, 3.63) is 11.9 Å². The van der Waals surface area contributed by atoms with E-state index >= 15 is 0 Å². The third-order valence-electron chi connectivity index (χ3n) is 4.20. The van der Waals surface area contributed by atoms with E-state index in [4.69, 9.17) is 0 Å². The van der Waals surface area contributed by atoms with E-state index in [1.165, 1.54) is 5.56 Å². The topological polar surface area (TPSA) is 61.3 Å². The Hall–Kier alpha value is -1.36. The fourth-order valence-electron chi connectivity index (χ4n) is 2.96. The van der Waals surface area contributed by atoms with Crippen LogP contribution >= 0.6 is 0 Å². The smallest absolute Gasteiger partial charge is 0.137 e. The number of hydrogen-bond donors (Lipinski definition) is 2. The molecule has 5 heteroatoms. The van der Waals surface area contributed by atoms with Crippen LogP contribution in [-0.4, -0.2) is 41.3 Å². The number of aliphatic hydroxyl groups is 1. The number of rotatable bonds is 4. The third-order valence-corrected chi connectivity index (χ3v) is 4.20. The van der Waals surface area contributed by atoms with Crippen LogP contribution in [0.4, 0.5) is 11.6 Å². The average molecular weight is 278 g/mol. The predicted octanol–water partition coefficient (Wildman–Crippen LogP) is 2.24. The highest BCUT2D eigenvalue weighted by Crippen LogP contribution is 2.33. The minimum absolute atomic E-state index is 0.208. The number of hydrogen-bond acceptors (Lipinski definition) is 5. The molecule has 0 saturated carbocycles. The van der Waals surface area contributed by atoms with E-state index in [9.17, 15) is 5.11 Å². The molecule has 1 saturated heterocycles. The van der Waals surface area contributed by atoms with Gasteiger partial charge in [-0.2, -0.15) is 0 Å². The van der Waals surface area contributed by atoms with Crippen LogP contribution in [0.15, 0.2) is 6.33 Å². The van der Waals surface area contributed by atoms with Crippen molar-refractivity contribution >= 4 is 11.6 Å². The van der Waals surface area contributed by atoms with Gasteiger partial charge in [-0.3, -0.25) is 0 Å². The number of piperidine rings is 1. The van der Waals surface area contributed by atoms with Crippen molar-refractivity contribution in [1.29, 1.82) is 0 Å². The Morgan fingerprint density at radius 3 is 2.40 bits per heavy atom. The third kappa shape index (κ3) is 3.03. The minimum atomic E-state index is -0.208. The van der Waals surface area contributed by atoms with Crippen LogP contribution in [-0.2, 0) is 0 Å². The molecule has 20 heavy (non-hydrogen) atoms. The van der Waals surface area contributed by atoms with Crippen molar-refractivity contribution in [2.45, 2.75) is 45.6 Å². The summed E-state index contributed by atoms with van der Waals surface area (Å²) in [7, 11) is 1.90. The van der Waals surface area contributed by atoms with Gasteiger partial charge in [0.2, 0.25) is 0 Å². The van der Waals surface area contributed by atoms with Crippen LogP contribution in [0.3, 0.4) is 0 Å². The highest BCUT2D eigenvalue weighted by Gasteiger charge is 2.26. The summed E-state index contributed by atoms with van der Waals surface area (Å²) in [5, 5.41) is 12.9. The first kappa shape index (κ1) is 15.0. The van der Waals surface area contributed by atoms with Gasteiger partial charge in [0.25, 0.3) is 0 Å². The summed E-state index contributed by atoms with van der Waals surface area (Å²) in [4.78, 5) is 11.2. The molecule has 0 spiro atoms. The molecule has 1 atom stereocenters. The molecule has 0 radical (unpaired) electrons. The van der Waals surface area contributed by atoms with Crippen LogP contribution in [0.2, 0.25) is 0 Å². The number of aliphatic hydroxyl groups excluding tert-OH is 1. The van der Waals surface area contributed by atoms with E-state index in [2.05, 4.69) is 34.0 Å². The Kier molecular flexibility index (Phi) is 4.81. The molecule has 0 aromatic carbocycles. The zero-order valence-corrected chi connectivity index (χ0v) is 12.9. The Labute approximate surface area is 121 Å². The quantitative estimate of drug-likeness (QED) is 0.884. The maximum atomic E-state index is 9.70. The fourth-order valence-corrected chi connectivity index (χ4v) is 2.96. The van der Waals surface area contributed by atoms with Gasteiger partial charge in [-0.25, -0.2) is 9.97 Å². The van der Waals surface area contributed by atoms with Gasteiger partial charge >= 0.3 is 0 Å². The molecule has 5 nitrogen and oxygen atoms in total. The number of aromatic nitrogens is 2. The molecule has 2 rings (SSSR count). The van der Waals surface area contributed by atoms with Crippen molar-refractivity contribution in [2.24, 2.45) is 5.92 Å². The zero-order chi connectivity index (χ0) is 14.7. The molecular formula is C15H26N4O. The maximum Gasteiger partial charge on any atom is 0.137 e. The number of nitrogens with one attached hydrogen (secondary N) is 1. The van der Waals surface area contributed by atoms with Gasteiger partial charge in [-0.15, -0.1) is 0 Å². The van der Waals surface area contributed by atoms with Crippen molar-refractivity contribution in [1.82, 2.24) is 9.97 Å². The van der Waals surface area contributed by atoms with Crippen molar-refractivity contribution in [3.8, 4) is 0 Å². The van der Waals surface area contributed by atoms with Crippen LogP contribution in [0.25, 0.3) is 0 Å². The van der Waals surface area contributed by atoms with Gasteiger partial charge in [-0.05, 0) is 31.6 Å². The molecule has 2 heterocycles. The lowest BCUT2D eigenvalue weighted by molar-refractivity contribution is 0.109. The van der Waals surface area contributed by atoms with Crippen molar-refractivity contribution < 1.29 is 5.11 Å². The Balaban J connectivity index is 2.21. The Morgan fingerprint density at radius 1 is 1.25 bits per heavy atom. The summed E-state index contributed by atoms with van der Waals surface area (Å²) in [6.45, 7) is 8.14. The summed E-state index contributed by atoms with van der Waals surface area (Å²) in [5.74, 6) is 2.76. The molecular weight excluding hydrogens is 252 g/mol. The van der Waals surface area contributed by atoms with Crippen LogP contribution in [0.1, 0.15) is 45.1 Å². The highest BCUT2D eigenvalue weighted by molar-refractivity contribution is 5.60. The predicted molar refractivity (Wildman–Crippen MR) is 82.3 cm³/mol. The summed E-state index contributed by atoms with van der Waals surface area (Å²) in [6.07, 6.45) is 3.47. The van der Waals surface area contributed by atoms with Crippen molar-refractivity contribution in [3.63, 3.8) is 0 Å². The Bertz CT molecular complexity index is 439. The summed E-state index contributed by atoms with van der Waals surface area (Å²) < 4.78 is 0. The number of nitrogens with zero attached hydrogens (tertiary/aromatic N) is 3.